The first-order chi connectivity index (χ1) is 19.6. The number of carbonyl (C=O) groups is 2. The van der Waals surface area contributed by atoms with E-state index in [9.17, 15) is 41.0 Å². The average molecular weight is 641 g/mol. The quantitative estimate of drug-likeness (QED) is 0.391. The zero-order valence-electron chi connectivity index (χ0n) is 22.4. The molecule has 0 radical (unpaired) electrons. The van der Waals surface area contributed by atoms with Crippen LogP contribution in [0.15, 0.2) is 36.4 Å². The second-order valence-corrected chi connectivity index (χ2v) is 11.5. The molecule has 14 heteroatoms. The number of ether oxygens (including phenoxy) is 1. The first kappa shape index (κ1) is 32.4. The van der Waals surface area contributed by atoms with Gasteiger partial charge in [0.1, 0.15) is 0 Å². The number of amides is 2. The van der Waals surface area contributed by atoms with E-state index in [0.717, 1.165) is 4.90 Å². The van der Waals surface area contributed by atoms with Crippen LogP contribution in [0, 0.1) is 5.41 Å². The Labute approximate surface area is 248 Å². The van der Waals surface area contributed by atoms with Gasteiger partial charge in [-0.3, -0.25) is 9.59 Å². The number of rotatable bonds is 5. The second-order valence-electron chi connectivity index (χ2n) is 10.6. The molecule has 2 aromatic rings. The van der Waals surface area contributed by atoms with Crippen LogP contribution < -0.4 is 0 Å². The highest BCUT2D eigenvalue weighted by atomic mass is 35.5. The van der Waals surface area contributed by atoms with Crippen molar-refractivity contribution in [3.05, 3.63) is 68.7 Å². The van der Waals surface area contributed by atoms with Gasteiger partial charge in [0.05, 0.1) is 33.2 Å². The Balaban J connectivity index is 1.70. The molecular weight excluding hydrogens is 613 g/mol. The van der Waals surface area contributed by atoms with Gasteiger partial charge in [-0.25, -0.2) is 0 Å². The maximum atomic E-state index is 13.7. The maximum Gasteiger partial charge on any atom is 0.416 e. The van der Waals surface area contributed by atoms with Gasteiger partial charge in [-0.2, -0.15) is 26.3 Å². The van der Waals surface area contributed by atoms with Crippen LogP contribution in [-0.2, 0) is 21.9 Å². The standard InChI is InChI=1S/C28H28Cl2F6N2O4/c1-37(24(40)17-10-18(27(31,32)33)13-19(11-17)28(34,35)36)23-4-7-38(25(41)26(15-39)5-8-42-9-6-26)14-20(23)16-2-3-21(29)22(30)12-16/h2-3,10-13,20,23,39H,4-9,14-15H2,1H3/t20-,23+/m0/s1. The molecule has 2 aliphatic rings. The van der Waals surface area contributed by atoms with Gasteiger partial charge in [0.25, 0.3) is 5.91 Å². The molecule has 0 aliphatic carbocycles. The third-order valence-electron chi connectivity index (χ3n) is 8.09. The Bertz CT molecular complexity index is 1300. The van der Waals surface area contributed by atoms with Crippen LogP contribution in [0.25, 0.3) is 0 Å². The lowest BCUT2D eigenvalue weighted by molar-refractivity contribution is -0.153. The molecule has 2 heterocycles. The fourth-order valence-corrected chi connectivity index (χ4v) is 5.93. The molecule has 4 rings (SSSR count). The van der Waals surface area contributed by atoms with Crippen LogP contribution >= 0.6 is 23.2 Å². The molecule has 2 fully saturated rings. The lowest BCUT2D eigenvalue weighted by atomic mass is 9.77. The molecule has 0 bridgehead atoms. The number of carbonyl (C=O) groups excluding carboxylic acids is 2. The summed E-state index contributed by atoms with van der Waals surface area (Å²) in [7, 11) is 1.30. The molecular formula is C28H28Cl2F6N2O4. The molecule has 0 aromatic heterocycles. The van der Waals surface area contributed by atoms with Crippen molar-refractivity contribution < 1.29 is 45.8 Å². The number of likely N-dealkylation sites (tertiary alicyclic amines) is 1. The number of alkyl halides is 6. The Morgan fingerprint density at radius 1 is 1.00 bits per heavy atom. The summed E-state index contributed by atoms with van der Waals surface area (Å²) in [6.45, 7) is 0.401. The van der Waals surface area contributed by atoms with Crippen LogP contribution in [0.4, 0.5) is 26.3 Å². The van der Waals surface area contributed by atoms with Gasteiger partial charge in [0.15, 0.2) is 0 Å². The van der Waals surface area contributed by atoms with Crippen LogP contribution in [0.2, 0.25) is 10.0 Å². The lowest BCUT2D eigenvalue weighted by Gasteiger charge is -2.46. The molecule has 0 unspecified atom stereocenters. The van der Waals surface area contributed by atoms with Crippen molar-refractivity contribution in [3.63, 3.8) is 0 Å². The number of nitrogens with zero attached hydrogens (tertiary/aromatic N) is 2. The molecule has 2 saturated heterocycles. The van der Waals surface area contributed by atoms with Crippen molar-refractivity contribution >= 4 is 35.0 Å². The van der Waals surface area contributed by atoms with Crippen LogP contribution in [0.3, 0.4) is 0 Å². The topological polar surface area (TPSA) is 70.1 Å². The van der Waals surface area contributed by atoms with E-state index in [2.05, 4.69) is 0 Å². The van der Waals surface area contributed by atoms with Crippen molar-refractivity contribution in [2.75, 3.05) is 40.0 Å². The Morgan fingerprint density at radius 3 is 2.12 bits per heavy atom. The SMILES string of the molecule is CN(C(=O)c1cc(C(F)(F)F)cc(C(F)(F)F)c1)[C@@H]1CCN(C(=O)C2(CO)CCOCC2)C[C@H]1c1ccc(Cl)c(Cl)c1. The number of likely N-dealkylation sites (N-methyl/N-ethyl adjacent to an activating group) is 1. The third kappa shape index (κ3) is 6.66. The zero-order chi connectivity index (χ0) is 31.0. The number of hydrogen-bond donors (Lipinski definition) is 1. The van der Waals surface area contributed by atoms with Gasteiger partial charge in [-0.1, -0.05) is 29.3 Å². The van der Waals surface area contributed by atoms with Gasteiger partial charge in [0.2, 0.25) is 5.91 Å². The van der Waals surface area contributed by atoms with Crippen molar-refractivity contribution in [1.82, 2.24) is 9.80 Å². The summed E-state index contributed by atoms with van der Waals surface area (Å²) in [6.07, 6.45) is -9.45. The summed E-state index contributed by atoms with van der Waals surface area (Å²) >= 11 is 12.3. The van der Waals surface area contributed by atoms with Gasteiger partial charge in [-0.15, -0.1) is 0 Å². The number of aliphatic hydroxyl groups is 1. The highest BCUT2D eigenvalue weighted by Gasteiger charge is 2.46. The van der Waals surface area contributed by atoms with Crippen LogP contribution in [-0.4, -0.2) is 72.7 Å². The van der Waals surface area contributed by atoms with Gasteiger partial charge in [-0.05, 0) is 55.2 Å². The average Bonchev–Trinajstić information content (AvgIpc) is 2.96. The summed E-state index contributed by atoms with van der Waals surface area (Å²) in [5.41, 5.74) is -4.44. The number of halogens is 8. The van der Waals surface area contributed by atoms with Crippen LogP contribution in [0.1, 0.15) is 52.2 Å². The van der Waals surface area contributed by atoms with E-state index in [1.54, 1.807) is 17.0 Å². The van der Waals surface area contributed by atoms with Crippen molar-refractivity contribution in [1.29, 1.82) is 0 Å². The molecule has 2 aliphatic heterocycles. The molecule has 42 heavy (non-hydrogen) atoms. The van der Waals surface area contributed by atoms with E-state index >= 15 is 0 Å². The fourth-order valence-electron chi connectivity index (χ4n) is 5.63. The molecule has 6 nitrogen and oxygen atoms in total. The monoisotopic (exact) mass is 640 g/mol. The summed E-state index contributed by atoms with van der Waals surface area (Å²) in [4.78, 5) is 29.8. The Morgan fingerprint density at radius 2 is 1.60 bits per heavy atom. The first-order valence-corrected chi connectivity index (χ1v) is 13.8. The minimum Gasteiger partial charge on any atom is -0.395 e. The zero-order valence-corrected chi connectivity index (χ0v) is 23.9. The second kappa shape index (κ2) is 12.2. The maximum absolute atomic E-state index is 13.7. The summed E-state index contributed by atoms with van der Waals surface area (Å²) in [5.74, 6) is -1.97. The number of benzene rings is 2. The Kier molecular flexibility index (Phi) is 9.42. The number of aliphatic hydroxyl groups excluding tert-OH is 1. The summed E-state index contributed by atoms with van der Waals surface area (Å²) in [5, 5.41) is 10.6. The predicted molar refractivity (Wildman–Crippen MR) is 142 cm³/mol. The van der Waals surface area contributed by atoms with Crippen LogP contribution in [0.5, 0.6) is 0 Å². The van der Waals surface area contributed by atoms with Gasteiger partial charge >= 0.3 is 12.4 Å². The molecule has 0 saturated carbocycles. The largest absolute Gasteiger partial charge is 0.416 e. The van der Waals surface area contributed by atoms with Crippen molar-refractivity contribution in [3.8, 4) is 0 Å². The molecule has 2 aromatic carbocycles. The lowest BCUT2D eigenvalue weighted by Crippen LogP contribution is -2.56. The molecule has 2 atom stereocenters. The highest BCUT2D eigenvalue weighted by molar-refractivity contribution is 6.42. The minimum atomic E-state index is -5.12. The van der Waals surface area contributed by atoms with E-state index in [0.29, 0.717) is 43.8 Å². The predicted octanol–water partition coefficient (Wildman–Crippen LogP) is 6.28. The minimum absolute atomic E-state index is 0.0350. The van der Waals surface area contributed by atoms with Gasteiger partial charge in [0, 0.05) is 50.9 Å². The molecule has 0 spiro atoms. The molecule has 1 N–H and O–H groups in total. The van der Waals surface area contributed by atoms with Gasteiger partial charge < -0.3 is 19.6 Å². The smallest absolute Gasteiger partial charge is 0.395 e. The van der Waals surface area contributed by atoms with E-state index in [1.165, 1.54) is 13.1 Å². The highest BCUT2D eigenvalue weighted by Crippen LogP contribution is 2.40. The third-order valence-corrected chi connectivity index (χ3v) is 8.83. The fraction of sp³-hybridized carbons (Fsp3) is 0.500. The van der Waals surface area contributed by atoms with E-state index in [1.807, 2.05) is 0 Å². The van der Waals surface area contributed by atoms with E-state index < -0.39 is 52.3 Å². The first-order valence-electron chi connectivity index (χ1n) is 13.1. The number of hydrogen-bond acceptors (Lipinski definition) is 4. The molecule has 2 amide bonds. The van der Waals surface area contributed by atoms with Crippen molar-refractivity contribution in [2.45, 2.75) is 43.6 Å². The number of piperidine rings is 1. The summed E-state index contributed by atoms with van der Waals surface area (Å²) in [6, 6.07) is 4.74. The summed E-state index contributed by atoms with van der Waals surface area (Å²) < 4.78 is 86.1. The normalized spacial score (nSPS) is 21.2. The Hall–Kier alpha value is -2.54. The molecule has 230 valence electrons. The van der Waals surface area contributed by atoms with E-state index in [4.69, 9.17) is 27.9 Å². The van der Waals surface area contributed by atoms with E-state index in [-0.39, 0.29) is 48.1 Å². The van der Waals surface area contributed by atoms with Crippen molar-refractivity contribution in [2.24, 2.45) is 5.41 Å².